The molecule has 18 heavy (non-hydrogen) atoms. The van der Waals surface area contributed by atoms with Gasteiger partial charge in [-0.1, -0.05) is 26.0 Å². The van der Waals surface area contributed by atoms with Crippen LogP contribution in [-0.2, 0) is 4.74 Å². The van der Waals surface area contributed by atoms with E-state index >= 15 is 0 Å². The average molecular weight is 253 g/mol. The standard InChI is InChI=1S/C15H24FNO/c1-12(2)10-17-11-14(8-9-18-3)13-4-6-15(16)7-5-13/h4-7,12,14,17H,8-11H2,1-3H3. The van der Waals surface area contributed by atoms with Crippen molar-refractivity contribution in [2.24, 2.45) is 5.92 Å². The van der Waals surface area contributed by atoms with Crippen LogP contribution in [0.4, 0.5) is 4.39 Å². The fourth-order valence-electron chi connectivity index (χ4n) is 1.93. The van der Waals surface area contributed by atoms with E-state index in [0.717, 1.165) is 26.1 Å². The van der Waals surface area contributed by atoms with Crippen molar-refractivity contribution in [2.45, 2.75) is 26.2 Å². The molecule has 1 aromatic rings. The van der Waals surface area contributed by atoms with E-state index in [4.69, 9.17) is 4.74 Å². The highest BCUT2D eigenvalue weighted by Crippen LogP contribution is 2.19. The number of nitrogens with one attached hydrogen (secondary N) is 1. The molecule has 0 spiro atoms. The Balaban J connectivity index is 2.56. The van der Waals surface area contributed by atoms with E-state index in [2.05, 4.69) is 19.2 Å². The van der Waals surface area contributed by atoms with E-state index in [1.54, 1.807) is 7.11 Å². The normalized spacial score (nSPS) is 12.9. The molecule has 0 fully saturated rings. The molecule has 0 bridgehead atoms. The summed E-state index contributed by atoms with van der Waals surface area (Å²) in [7, 11) is 1.71. The monoisotopic (exact) mass is 253 g/mol. The van der Waals surface area contributed by atoms with Gasteiger partial charge in [0, 0.05) is 20.3 Å². The maximum absolute atomic E-state index is 12.9. The van der Waals surface area contributed by atoms with Crippen molar-refractivity contribution in [1.29, 1.82) is 0 Å². The second kappa shape index (κ2) is 8.22. The largest absolute Gasteiger partial charge is 0.385 e. The molecule has 102 valence electrons. The topological polar surface area (TPSA) is 21.3 Å². The lowest BCUT2D eigenvalue weighted by molar-refractivity contribution is 0.187. The highest BCUT2D eigenvalue weighted by molar-refractivity contribution is 5.20. The molecule has 0 aliphatic carbocycles. The number of rotatable bonds is 8. The molecule has 1 unspecified atom stereocenters. The number of benzene rings is 1. The Hall–Kier alpha value is -0.930. The molecule has 2 nitrogen and oxygen atoms in total. The van der Waals surface area contributed by atoms with Crippen LogP contribution in [0.2, 0.25) is 0 Å². The molecular formula is C15H24FNO. The van der Waals surface area contributed by atoms with E-state index < -0.39 is 0 Å². The van der Waals surface area contributed by atoms with Crippen molar-refractivity contribution >= 4 is 0 Å². The minimum absolute atomic E-state index is 0.181. The van der Waals surface area contributed by atoms with Gasteiger partial charge in [0.15, 0.2) is 0 Å². The third-order valence-electron chi connectivity index (χ3n) is 2.96. The summed E-state index contributed by atoms with van der Waals surface area (Å²) in [5, 5.41) is 3.46. The lowest BCUT2D eigenvalue weighted by Gasteiger charge is -2.18. The summed E-state index contributed by atoms with van der Waals surface area (Å²) in [5.74, 6) is 0.838. The predicted molar refractivity (Wildman–Crippen MR) is 73.3 cm³/mol. The summed E-state index contributed by atoms with van der Waals surface area (Å²) < 4.78 is 18.1. The van der Waals surface area contributed by atoms with E-state index in [1.165, 1.54) is 17.7 Å². The lowest BCUT2D eigenvalue weighted by atomic mass is 9.95. The molecule has 1 aromatic carbocycles. The molecule has 0 aliphatic rings. The fourth-order valence-corrected chi connectivity index (χ4v) is 1.93. The van der Waals surface area contributed by atoms with Crippen LogP contribution in [0.15, 0.2) is 24.3 Å². The molecule has 0 saturated carbocycles. The summed E-state index contributed by atoms with van der Waals surface area (Å²) in [5.41, 5.74) is 1.17. The first-order chi connectivity index (χ1) is 8.63. The number of methoxy groups -OCH3 is 1. The molecule has 0 amide bonds. The Morgan fingerprint density at radius 3 is 2.39 bits per heavy atom. The van der Waals surface area contributed by atoms with E-state index in [-0.39, 0.29) is 5.82 Å². The van der Waals surface area contributed by atoms with E-state index in [0.29, 0.717) is 11.8 Å². The molecule has 0 heterocycles. The van der Waals surface area contributed by atoms with Crippen molar-refractivity contribution in [3.8, 4) is 0 Å². The third kappa shape index (κ3) is 5.61. The van der Waals surface area contributed by atoms with Crippen LogP contribution < -0.4 is 5.32 Å². The zero-order valence-corrected chi connectivity index (χ0v) is 11.6. The first-order valence-electron chi connectivity index (χ1n) is 6.58. The Kier molecular flexibility index (Phi) is 6.91. The number of hydrogen-bond donors (Lipinski definition) is 1. The highest BCUT2D eigenvalue weighted by atomic mass is 19.1. The minimum Gasteiger partial charge on any atom is -0.385 e. The van der Waals surface area contributed by atoms with Gasteiger partial charge in [-0.15, -0.1) is 0 Å². The molecule has 0 radical (unpaired) electrons. The van der Waals surface area contributed by atoms with E-state index in [9.17, 15) is 4.39 Å². The minimum atomic E-state index is -0.181. The Morgan fingerprint density at radius 2 is 1.83 bits per heavy atom. The second-order valence-electron chi connectivity index (χ2n) is 5.08. The summed E-state index contributed by atoms with van der Waals surface area (Å²) in [4.78, 5) is 0. The van der Waals surface area contributed by atoms with Gasteiger partial charge in [-0.25, -0.2) is 4.39 Å². The van der Waals surface area contributed by atoms with Crippen LogP contribution >= 0.6 is 0 Å². The number of ether oxygens (including phenoxy) is 1. The number of halogens is 1. The highest BCUT2D eigenvalue weighted by Gasteiger charge is 2.11. The summed E-state index contributed by atoms with van der Waals surface area (Å²) >= 11 is 0. The SMILES string of the molecule is COCCC(CNCC(C)C)c1ccc(F)cc1. The van der Waals surface area contributed by atoms with Crippen LogP contribution in [0.5, 0.6) is 0 Å². The molecule has 0 saturated heterocycles. The smallest absolute Gasteiger partial charge is 0.123 e. The van der Waals surface area contributed by atoms with Gasteiger partial charge in [0.25, 0.3) is 0 Å². The van der Waals surface area contributed by atoms with Gasteiger partial charge in [0.2, 0.25) is 0 Å². The number of hydrogen-bond acceptors (Lipinski definition) is 2. The van der Waals surface area contributed by atoms with Gasteiger partial charge < -0.3 is 10.1 Å². The molecular weight excluding hydrogens is 229 g/mol. The van der Waals surface area contributed by atoms with Gasteiger partial charge in [0.1, 0.15) is 5.82 Å². The van der Waals surface area contributed by atoms with Crippen LogP contribution in [0.25, 0.3) is 0 Å². The van der Waals surface area contributed by atoms with Crippen molar-refractivity contribution in [1.82, 2.24) is 5.32 Å². The molecule has 1 N–H and O–H groups in total. The van der Waals surface area contributed by atoms with Gasteiger partial charge in [-0.2, -0.15) is 0 Å². The molecule has 1 rings (SSSR count). The lowest BCUT2D eigenvalue weighted by Crippen LogP contribution is -2.26. The Bertz CT molecular complexity index is 324. The third-order valence-corrected chi connectivity index (χ3v) is 2.96. The van der Waals surface area contributed by atoms with Gasteiger partial charge in [-0.3, -0.25) is 0 Å². The fraction of sp³-hybridized carbons (Fsp3) is 0.600. The zero-order valence-electron chi connectivity index (χ0n) is 11.6. The van der Waals surface area contributed by atoms with Crippen molar-refractivity contribution in [2.75, 3.05) is 26.8 Å². The Morgan fingerprint density at radius 1 is 1.17 bits per heavy atom. The first kappa shape index (κ1) is 15.1. The first-order valence-corrected chi connectivity index (χ1v) is 6.58. The van der Waals surface area contributed by atoms with Crippen LogP contribution in [0.1, 0.15) is 31.7 Å². The van der Waals surface area contributed by atoms with Crippen molar-refractivity contribution in [3.05, 3.63) is 35.6 Å². The van der Waals surface area contributed by atoms with Gasteiger partial charge in [0.05, 0.1) is 0 Å². The molecule has 3 heteroatoms. The maximum Gasteiger partial charge on any atom is 0.123 e. The summed E-state index contributed by atoms with van der Waals surface area (Å²) in [6, 6.07) is 6.79. The average Bonchev–Trinajstić information content (AvgIpc) is 2.34. The second-order valence-corrected chi connectivity index (χ2v) is 5.08. The van der Waals surface area contributed by atoms with Crippen molar-refractivity contribution in [3.63, 3.8) is 0 Å². The summed E-state index contributed by atoms with van der Waals surface area (Å²) in [6.07, 6.45) is 0.952. The van der Waals surface area contributed by atoms with E-state index in [1.807, 2.05) is 12.1 Å². The predicted octanol–water partition coefficient (Wildman–Crippen LogP) is 3.19. The van der Waals surface area contributed by atoms with Crippen LogP contribution in [0.3, 0.4) is 0 Å². The zero-order chi connectivity index (χ0) is 13.4. The van der Waals surface area contributed by atoms with Gasteiger partial charge in [-0.05, 0) is 42.5 Å². The van der Waals surface area contributed by atoms with Gasteiger partial charge >= 0.3 is 0 Å². The van der Waals surface area contributed by atoms with Crippen LogP contribution in [-0.4, -0.2) is 26.8 Å². The molecule has 1 atom stereocenters. The maximum atomic E-state index is 12.9. The van der Waals surface area contributed by atoms with Crippen molar-refractivity contribution < 1.29 is 9.13 Å². The summed E-state index contributed by atoms with van der Waals surface area (Å²) in [6.45, 7) is 7.02. The molecule has 0 aliphatic heterocycles. The quantitative estimate of drug-likeness (QED) is 0.768. The Labute approximate surface area is 110 Å². The van der Waals surface area contributed by atoms with Crippen LogP contribution in [0, 0.1) is 11.7 Å². The molecule has 0 aromatic heterocycles.